The van der Waals surface area contributed by atoms with Crippen molar-refractivity contribution in [2.45, 2.75) is 0 Å². The van der Waals surface area contributed by atoms with Gasteiger partial charge in [0.15, 0.2) is 0 Å². The summed E-state index contributed by atoms with van der Waals surface area (Å²) < 4.78 is 1.85. The first-order valence-electron chi connectivity index (χ1n) is 4.39. The molecule has 15 heavy (non-hydrogen) atoms. The molecule has 0 saturated carbocycles. The Balaban J connectivity index is 2.56. The predicted molar refractivity (Wildman–Crippen MR) is 60.1 cm³/mol. The number of benzene rings is 1. The van der Waals surface area contributed by atoms with Crippen LogP contribution in [0.3, 0.4) is 0 Å². The summed E-state index contributed by atoms with van der Waals surface area (Å²) in [6.07, 6.45) is 0. The fourth-order valence-electron chi connectivity index (χ4n) is 1.37. The van der Waals surface area contributed by atoms with Crippen molar-refractivity contribution in [1.29, 1.82) is 0 Å². The van der Waals surface area contributed by atoms with Gasteiger partial charge in [-0.2, -0.15) is 0 Å². The molecule has 0 atom stereocenters. The SMILES string of the molecule is Cn1c(-c2ccccc2)cs/c1=N\N=O. The summed E-state index contributed by atoms with van der Waals surface area (Å²) >= 11 is 1.40. The summed E-state index contributed by atoms with van der Waals surface area (Å²) in [5.74, 6) is 0. The first-order chi connectivity index (χ1) is 7.33. The van der Waals surface area contributed by atoms with Gasteiger partial charge >= 0.3 is 0 Å². The third-order valence-corrected chi connectivity index (χ3v) is 3.03. The molecule has 0 bridgehead atoms. The maximum atomic E-state index is 10.0. The number of nitrogens with zero attached hydrogens (tertiary/aromatic N) is 3. The molecule has 0 spiro atoms. The first kappa shape index (κ1) is 9.79. The van der Waals surface area contributed by atoms with Gasteiger partial charge in [-0.1, -0.05) is 35.4 Å². The Hall–Kier alpha value is -1.75. The maximum Gasteiger partial charge on any atom is 0.214 e. The van der Waals surface area contributed by atoms with Crippen molar-refractivity contribution in [2.75, 3.05) is 0 Å². The molecule has 0 aliphatic heterocycles. The zero-order valence-electron chi connectivity index (χ0n) is 8.12. The monoisotopic (exact) mass is 219 g/mol. The number of rotatable bonds is 2. The van der Waals surface area contributed by atoms with E-state index in [1.807, 2.05) is 47.3 Å². The van der Waals surface area contributed by atoms with Crippen LogP contribution in [0.25, 0.3) is 11.3 Å². The smallest absolute Gasteiger partial charge is 0.214 e. The first-order valence-corrected chi connectivity index (χ1v) is 5.27. The zero-order chi connectivity index (χ0) is 10.7. The van der Waals surface area contributed by atoms with E-state index in [1.165, 1.54) is 11.3 Å². The average Bonchev–Trinajstić information content (AvgIpc) is 2.63. The molecule has 1 aromatic heterocycles. The summed E-state index contributed by atoms with van der Waals surface area (Å²) in [4.78, 5) is 10.6. The molecular formula is C10H9N3OS. The maximum absolute atomic E-state index is 10.0. The Kier molecular flexibility index (Phi) is 2.73. The molecule has 4 nitrogen and oxygen atoms in total. The second-order valence-corrected chi connectivity index (χ2v) is 3.85. The van der Waals surface area contributed by atoms with Crippen LogP contribution in [0.1, 0.15) is 0 Å². The third-order valence-electron chi connectivity index (χ3n) is 2.12. The number of nitroso groups, excluding NO2 is 1. The van der Waals surface area contributed by atoms with Gasteiger partial charge < -0.3 is 4.57 Å². The molecule has 0 unspecified atom stereocenters. The topological polar surface area (TPSA) is 46.7 Å². The van der Waals surface area contributed by atoms with Gasteiger partial charge in [-0.05, 0) is 5.56 Å². The van der Waals surface area contributed by atoms with E-state index in [1.54, 1.807) is 0 Å². The van der Waals surface area contributed by atoms with E-state index in [2.05, 4.69) is 10.4 Å². The van der Waals surface area contributed by atoms with Crippen molar-refractivity contribution in [3.63, 3.8) is 0 Å². The molecule has 5 heteroatoms. The highest BCUT2D eigenvalue weighted by molar-refractivity contribution is 7.07. The minimum Gasteiger partial charge on any atom is -0.318 e. The minimum atomic E-state index is 0.601. The Labute approximate surface area is 90.5 Å². The van der Waals surface area contributed by atoms with Crippen LogP contribution >= 0.6 is 11.3 Å². The van der Waals surface area contributed by atoms with E-state index >= 15 is 0 Å². The van der Waals surface area contributed by atoms with Crippen LogP contribution in [0, 0.1) is 4.91 Å². The molecule has 0 aliphatic carbocycles. The Morgan fingerprint density at radius 3 is 2.67 bits per heavy atom. The van der Waals surface area contributed by atoms with E-state index in [4.69, 9.17) is 0 Å². The van der Waals surface area contributed by atoms with E-state index in [9.17, 15) is 4.91 Å². The van der Waals surface area contributed by atoms with Crippen LogP contribution in [-0.2, 0) is 7.05 Å². The van der Waals surface area contributed by atoms with Gasteiger partial charge in [0, 0.05) is 12.4 Å². The summed E-state index contributed by atoms with van der Waals surface area (Å²) in [6, 6.07) is 9.94. The van der Waals surface area contributed by atoms with E-state index < -0.39 is 0 Å². The van der Waals surface area contributed by atoms with E-state index in [0.29, 0.717) is 4.80 Å². The van der Waals surface area contributed by atoms with Crippen molar-refractivity contribution in [2.24, 2.45) is 17.4 Å². The number of hydrogen-bond donors (Lipinski definition) is 0. The summed E-state index contributed by atoms with van der Waals surface area (Å²) in [6.45, 7) is 0. The fraction of sp³-hybridized carbons (Fsp3) is 0.100. The summed E-state index contributed by atoms with van der Waals surface area (Å²) in [5.41, 5.74) is 2.13. The second kappa shape index (κ2) is 4.18. The van der Waals surface area contributed by atoms with Crippen LogP contribution in [0.4, 0.5) is 0 Å². The summed E-state index contributed by atoms with van der Waals surface area (Å²) in [5, 5.41) is 8.00. The Morgan fingerprint density at radius 1 is 1.27 bits per heavy atom. The van der Waals surface area contributed by atoms with Crippen LogP contribution in [-0.4, -0.2) is 4.57 Å². The Morgan fingerprint density at radius 2 is 2.00 bits per heavy atom. The Bertz CT molecular complexity index is 527. The van der Waals surface area contributed by atoms with Crippen molar-refractivity contribution in [3.05, 3.63) is 45.4 Å². The number of aromatic nitrogens is 1. The highest BCUT2D eigenvalue weighted by Gasteiger charge is 2.03. The van der Waals surface area contributed by atoms with E-state index in [0.717, 1.165) is 11.3 Å². The van der Waals surface area contributed by atoms with Crippen molar-refractivity contribution in [3.8, 4) is 11.3 Å². The van der Waals surface area contributed by atoms with Gasteiger partial charge in [0.25, 0.3) is 0 Å². The standard InChI is InChI=1S/C10H9N3OS/c1-13-9(7-15-10(13)11-12-14)8-5-3-2-4-6-8/h2-7H,1H3/b11-10-. The lowest BCUT2D eigenvalue weighted by Crippen LogP contribution is -2.10. The molecule has 76 valence electrons. The van der Waals surface area contributed by atoms with Gasteiger partial charge in [-0.3, -0.25) is 0 Å². The average molecular weight is 219 g/mol. The van der Waals surface area contributed by atoms with Gasteiger partial charge in [0.1, 0.15) is 0 Å². The molecule has 2 aromatic rings. The predicted octanol–water partition coefficient (Wildman–Crippen LogP) is 2.34. The van der Waals surface area contributed by atoms with Crippen molar-refractivity contribution >= 4 is 11.3 Å². The van der Waals surface area contributed by atoms with Crippen LogP contribution in [0.5, 0.6) is 0 Å². The number of thiazole rings is 1. The van der Waals surface area contributed by atoms with Crippen LogP contribution in [0.15, 0.2) is 46.1 Å². The molecule has 0 radical (unpaired) electrons. The highest BCUT2D eigenvalue weighted by atomic mass is 32.1. The van der Waals surface area contributed by atoms with Crippen molar-refractivity contribution < 1.29 is 0 Å². The molecular weight excluding hydrogens is 210 g/mol. The van der Waals surface area contributed by atoms with E-state index in [-0.39, 0.29) is 0 Å². The molecule has 2 rings (SSSR count). The molecule has 0 N–H and O–H groups in total. The molecule has 0 saturated heterocycles. The zero-order valence-corrected chi connectivity index (χ0v) is 8.94. The lowest BCUT2D eigenvalue weighted by atomic mass is 10.2. The lowest BCUT2D eigenvalue weighted by molar-refractivity contribution is 0.861. The quantitative estimate of drug-likeness (QED) is 0.565. The third kappa shape index (κ3) is 1.87. The molecule has 0 amide bonds. The summed E-state index contributed by atoms with van der Waals surface area (Å²) in [7, 11) is 1.86. The van der Waals surface area contributed by atoms with Gasteiger partial charge in [-0.25, -0.2) is 0 Å². The number of hydrogen-bond acceptors (Lipinski definition) is 3. The lowest BCUT2D eigenvalue weighted by Gasteiger charge is -2.00. The highest BCUT2D eigenvalue weighted by Crippen LogP contribution is 2.18. The molecule has 1 heterocycles. The molecule has 1 aromatic carbocycles. The minimum absolute atomic E-state index is 0.601. The largest absolute Gasteiger partial charge is 0.318 e. The van der Waals surface area contributed by atoms with Gasteiger partial charge in [0.2, 0.25) is 4.80 Å². The molecule has 0 aliphatic rings. The second-order valence-electron chi connectivity index (χ2n) is 3.01. The fourth-order valence-corrected chi connectivity index (χ4v) is 2.21. The van der Waals surface area contributed by atoms with Gasteiger partial charge in [0.05, 0.1) is 11.0 Å². The molecule has 0 fully saturated rings. The van der Waals surface area contributed by atoms with Gasteiger partial charge in [-0.15, -0.1) is 16.2 Å². The van der Waals surface area contributed by atoms with Crippen LogP contribution < -0.4 is 4.80 Å². The van der Waals surface area contributed by atoms with Crippen molar-refractivity contribution in [1.82, 2.24) is 4.57 Å². The van der Waals surface area contributed by atoms with Crippen LogP contribution in [0.2, 0.25) is 0 Å². The normalized spacial score (nSPS) is 11.7.